The van der Waals surface area contributed by atoms with Gasteiger partial charge in [-0.15, -0.1) is 0 Å². The molecule has 0 radical (unpaired) electrons. The lowest BCUT2D eigenvalue weighted by Gasteiger charge is -2.04. The van der Waals surface area contributed by atoms with Crippen molar-refractivity contribution in [1.82, 2.24) is 0 Å². The molecule has 94 valence electrons. The van der Waals surface area contributed by atoms with E-state index in [2.05, 4.69) is 0 Å². The number of hydrogen-bond acceptors (Lipinski definition) is 3. The summed E-state index contributed by atoms with van der Waals surface area (Å²) in [4.78, 5) is 12.5. The molecular formula is C16H12O3. The summed E-state index contributed by atoms with van der Waals surface area (Å²) in [7, 11) is 0. The summed E-state index contributed by atoms with van der Waals surface area (Å²) >= 11 is 0. The van der Waals surface area contributed by atoms with Crippen molar-refractivity contribution >= 4 is 17.0 Å². The predicted molar refractivity (Wildman–Crippen MR) is 74.9 cm³/mol. The van der Waals surface area contributed by atoms with E-state index in [4.69, 9.17) is 8.83 Å². The van der Waals surface area contributed by atoms with Crippen LogP contribution in [0.25, 0.3) is 28.6 Å². The fourth-order valence-corrected chi connectivity index (χ4v) is 2.07. The third-order valence-electron chi connectivity index (χ3n) is 2.91. The van der Waals surface area contributed by atoms with Gasteiger partial charge in [0.15, 0.2) is 11.5 Å². The van der Waals surface area contributed by atoms with Crippen molar-refractivity contribution in [2.45, 2.75) is 6.92 Å². The zero-order chi connectivity index (χ0) is 13.2. The molecule has 0 bridgehead atoms. The average Bonchev–Trinajstić information content (AvgIpc) is 2.96. The van der Waals surface area contributed by atoms with Crippen LogP contribution in [0.3, 0.4) is 0 Å². The highest BCUT2D eigenvalue weighted by Crippen LogP contribution is 2.26. The van der Waals surface area contributed by atoms with E-state index >= 15 is 0 Å². The summed E-state index contributed by atoms with van der Waals surface area (Å²) in [6, 6.07) is 10.8. The van der Waals surface area contributed by atoms with Crippen LogP contribution in [0.5, 0.6) is 0 Å². The number of furan rings is 1. The van der Waals surface area contributed by atoms with Gasteiger partial charge in [0.05, 0.1) is 17.2 Å². The van der Waals surface area contributed by atoms with E-state index in [1.54, 1.807) is 36.6 Å². The van der Waals surface area contributed by atoms with Gasteiger partial charge in [-0.3, -0.25) is 4.79 Å². The fourth-order valence-electron chi connectivity index (χ4n) is 2.07. The molecule has 0 saturated heterocycles. The van der Waals surface area contributed by atoms with Crippen LogP contribution in [0.15, 0.2) is 62.4 Å². The maximum absolute atomic E-state index is 12.5. The van der Waals surface area contributed by atoms with Crippen molar-refractivity contribution in [2.24, 2.45) is 0 Å². The van der Waals surface area contributed by atoms with Crippen molar-refractivity contribution in [3.63, 3.8) is 0 Å². The lowest BCUT2D eigenvalue weighted by Crippen LogP contribution is -2.07. The van der Waals surface area contributed by atoms with Crippen LogP contribution >= 0.6 is 0 Å². The number of fused-ring (bicyclic) bond motifs is 1. The topological polar surface area (TPSA) is 43.4 Å². The molecule has 2 heterocycles. The predicted octanol–water partition coefficient (Wildman–Crippen LogP) is 4.09. The van der Waals surface area contributed by atoms with Gasteiger partial charge in [-0.2, -0.15) is 0 Å². The Labute approximate surface area is 109 Å². The van der Waals surface area contributed by atoms with E-state index in [-0.39, 0.29) is 5.43 Å². The largest absolute Gasteiger partial charge is 0.461 e. The van der Waals surface area contributed by atoms with Crippen molar-refractivity contribution in [2.75, 3.05) is 0 Å². The summed E-state index contributed by atoms with van der Waals surface area (Å²) in [5.74, 6) is 1.02. The molecule has 0 unspecified atom stereocenters. The first-order chi connectivity index (χ1) is 9.31. The Morgan fingerprint density at radius 2 is 1.95 bits per heavy atom. The van der Waals surface area contributed by atoms with Crippen LogP contribution in [0.2, 0.25) is 0 Å². The first kappa shape index (κ1) is 11.5. The van der Waals surface area contributed by atoms with Gasteiger partial charge in [-0.1, -0.05) is 24.3 Å². The third-order valence-corrected chi connectivity index (χ3v) is 2.91. The van der Waals surface area contributed by atoms with E-state index in [1.807, 2.05) is 25.1 Å². The number of para-hydroxylation sites is 1. The van der Waals surface area contributed by atoms with Crippen LogP contribution < -0.4 is 5.43 Å². The average molecular weight is 252 g/mol. The number of benzene rings is 1. The highest BCUT2D eigenvalue weighted by molar-refractivity contribution is 5.82. The van der Waals surface area contributed by atoms with Crippen LogP contribution in [0, 0.1) is 0 Å². The maximum Gasteiger partial charge on any atom is 0.200 e. The van der Waals surface area contributed by atoms with Crippen molar-refractivity contribution in [1.29, 1.82) is 0 Å². The monoisotopic (exact) mass is 252 g/mol. The highest BCUT2D eigenvalue weighted by Gasteiger charge is 2.15. The van der Waals surface area contributed by atoms with E-state index in [0.29, 0.717) is 28.1 Å². The second-order valence-corrected chi connectivity index (χ2v) is 4.15. The quantitative estimate of drug-likeness (QED) is 0.690. The molecule has 3 aromatic rings. The standard InChI is InChI=1S/C16H12O3/c1-2-6-12-15(17)11-7-3-4-8-13(11)19-16(12)14-9-5-10-18-14/h2-10H,1H3/b6-2+. The van der Waals surface area contributed by atoms with Crippen LogP contribution in [0.4, 0.5) is 0 Å². The van der Waals surface area contributed by atoms with Crippen molar-refractivity contribution in [3.05, 3.63) is 64.5 Å². The molecule has 2 aromatic heterocycles. The Hall–Kier alpha value is -2.55. The minimum atomic E-state index is -0.0497. The molecule has 1 aromatic carbocycles. The summed E-state index contributed by atoms with van der Waals surface area (Å²) in [6.45, 7) is 1.86. The molecule has 0 atom stereocenters. The van der Waals surface area contributed by atoms with Gasteiger partial charge < -0.3 is 8.83 Å². The SMILES string of the molecule is C/C=C/c1c(-c2ccco2)oc2ccccc2c1=O. The number of rotatable bonds is 2. The number of allylic oxidation sites excluding steroid dienone is 1. The first-order valence-corrected chi connectivity index (χ1v) is 6.03. The van der Waals surface area contributed by atoms with Gasteiger partial charge in [0.1, 0.15) is 5.58 Å². The maximum atomic E-state index is 12.5. The minimum absolute atomic E-state index is 0.0497. The smallest absolute Gasteiger partial charge is 0.200 e. The molecule has 0 aliphatic carbocycles. The Morgan fingerprint density at radius 3 is 2.68 bits per heavy atom. The Morgan fingerprint density at radius 1 is 1.11 bits per heavy atom. The lowest BCUT2D eigenvalue weighted by molar-refractivity contribution is 0.536. The summed E-state index contributed by atoms with van der Waals surface area (Å²) in [5, 5.41) is 0.575. The molecule has 0 spiro atoms. The first-order valence-electron chi connectivity index (χ1n) is 6.03. The van der Waals surface area contributed by atoms with Crippen LogP contribution in [0.1, 0.15) is 12.5 Å². The molecule has 3 heteroatoms. The molecule has 0 amide bonds. The van der Waals surface area contributed by atoms with Crippen LogP contribution in [-0.2, 0) is 0 Å². The normalized spacial score (nSPS) is 11.4. The van der Waals surface area contributed by atoms with E-state index in [9.17, 15) is 4.79 Å². The molecular weight excluding hydrogens is 240 g/mol. The summed E-state index contributed by atoms with van der Waals surface area (Å²) in [6.07, 6.45) is 5.12. The molecule has 0 N–H and O–H groups in total. The lowest BCUT2D eigenvalue weighted by atomic mass is 10.1. The van der Waals surface area contributed by atoms with Crippen molar-refractivity contribution in [3.8, 4) is 11.5 Å². The van der Waals surface area contributed by atoms with Gasteiger partial charge in [-0.05, 0) is 31.2 Å². The summed E-state index contributed by atoms with van der Waals surface area (Å²) in [5.41, 5.74) is 1.02. The zero-order valence-corrected chi connectivity index (χ0v) is 10.4. The van der Waals surface area contributed by atoms with Gasteiger partial charge >= 0.3 is 0 Å². The van der Waals surface area contributed by atoms with E-state index in [1.165, 1.54) is 0 Å². The molecule has 3 rings (SSSR count). The second-order valence-electron chi connectivity index (χ2n) is 4.15. The Balaban J connectivity index is 2.43. The molecule has 0 aliphatic heterocycles. The minimum Gasteiger partial charge on any atom is -0.461 e. The van der Waals surface area contributed by atoms with Crippen LogP contribution in [-0.4, -0.2) is 0 Å². The number of hydrogen-bond donors (Lipinski definition) is 0. The summed E-state index contributed by atoms with van der Waals surface area (Å²) < 4.78 is 11.2. The van der Waals surface area contributed by atoms with E-state index in [0.717, 1.165) is 0 Å². The van der Waals surface area contributed by atoms with Gasteiger partial charge in [0, 0.05) is 0 Å². The van der Waals surface area contributed by atoms with Crippen molar-refractivity contribution < 1.29 is 8.83 Å². The molecule has 0 saturated carbocycles. The van der Waals surface area contributed by atoms with E-state index < -0.39 is 0 Å². The Bertz CT molecular complexity index is 792. The second kappa shape index (κ2) is 4.61. The molecule has 3 nitrogen and oxygen atoms in total. The molecule has 0 fully saturated rings. The zero-order valence-electron chi connectivity index (χ0n) is 10.4. The van der Waals surface area contributed by atoms with Gasteiger partial charge in [0.2, 0.25) is 5.43 Å². The molecule has 19 heavy (non-hydrogen) atoms. The Kier molecular flexibility index (Phi) is 2.80. The third kappa shape index (κ3) is 1.89. The highest BCUT2D eigenvalue weighted by atomic mass is 16.4. The van der Waals surface area contributed by atoms with Gasteiger partial charge in [0.25, 0.3) is 0 Å². The fraction of sp³-hybridized carbons (Fsp3) is 0.0625. The van der Waals surface area contributed by atoms with Gasteiger partial charge in [-0.25, -0.2) is 0 Å². The molecule has 0 aliphatic rings.